The van der Waals surface area contributed by atoms with Gasteiger partial charge in [-0.3, -0.25) is 0 Å². The Bertz CT molecular complexity index is 462. The van der Waals surface area contributed by atoms with Crippen molar-refractivity contribution in [3.05, 3.63) is 45.6 Å². The van der Waals surface area contributed by atoms with Crippen molar-refractivity contribution in [1.82, 2.24) is 0 Å². The van der Waals surface area contributed by atoms with Crippen LogP contribution in [0.3, 0.4) is 0 Å². The molecule has 0 radical (unpaired) electrons. The van der Waals surface area contributed by atoms with Gasteiger partial charge >= 0.3 is 0 Å². The lowest BCUT2D eigenvalue weighted by atomic mass is 10.1. The van der Waals surface area contributed by atoms with E-state index in [1.165, 1.54) is 0 Å². The number of rotatable bonds is 1. The fraction of sp³-hybridized carbons (Fsp3) is 0.0909. The highest BCUT2D eigenvalue weighted by Gasteiger charge is 2.07. The first-order valence-corrected chi connectivity index (χ1v) is 5.36. The van der Waals surface area contributed by atoms with Gasteiger partial charge in [-0.2, -0.15) is 0 Å². The summed E-state index contributed by atoms with van der Waals surface area (Å²) >= 11 is 9.29. The highest BCUT2D eigenvalue weighted by Crippen LogP contribution is 2.30. The first-order valence-electron chi connectivity index (χ1n) is 4.19. The number of furan rings is 1. The first-order chi connectivity index (χ1) is 6.68. The summed E-state index contributed by atoms with van der Waals surface area (Å²) in [6, 6.07) is 9.57. The van der Waals surface area contributed by atoms with Crippen LogP contribution in [0.1, 0.15) is 5.56 Å². The SMILES string of the molecule is Cc1c(Cl)cccc1-c1ccc(Br)o1. The molecule has 0 saturated carbocycles. The molecule has 0 bridgehead atoms. The molecule has 3 heteroatoms. The van der Waals surface area contributed by atoms with Gasteiger partial charge in [0.1, 0.15) is 5.76 Å². The predicted octanol–water partition coefficient (Wildman–Crippen LogP) is 4.67. The van der Waals surface area contributed by atoms with E-state index >= 15 is 0 Å². The summed E-state index contributed by atoms with van der Waals surface area (Å²) in [4.78, 5) is 0. The molecule has 0 saturated heterocycles. The molecule has 14 heavy (non-hydrogen) atoms. The molecular formula is C11H8BrClO. The third-order valence-corrected chi connectivity index (χ3v) is 2.94. The van der Waals surface area contributed by atoms with E-state index in [2.05, 4.69) is 15.9 Å². The Balaban J connectivity index is 2.57. The van der Waals surface area contributed by atoms with Crippen molar-refractivity contribution < 1.29 is 4.42 Å². The molecule has 1 aromatic heterocycles. The van der Waals surface area contributed by atoms with Crippen molar-refractivity contribution in [2.75, 3.05) is 0 Å². The smallest absolute Gasteiger partial charge is 0.169 e. The Kier molecular flexibility index (Phi) is 2.66. The van der Waals surface area contributed by atoms with Gasteiger partial charge in [-0.25, -0.2) is 0 Å². The van der Waals surface area contributed by atoms with Gasteiger partial charge in [0.15, 0.2) is 4.67 Å². The van der Waals surface area contributed by atoms with E-state index in [0.29, 0.717) is 0 Å². The van der Waals surface area contributed by atoms with Crippen LogP contribution in [0.15, 0.2) is 39.4 Å². The predicted molar refractivity (Wildman–Crippen MR) is 61.6 cm³/mol. The average Bonchev–Trinajstić information content (AvgIpc) is 2.57. The van der Waals surface area contributed by atoms with Crippen LogP contribution >= 0.6 is 27.5 Å². The molecule has 0 unspecified atom stereocenters. The van der Waals surface area contributed by atoms with Gasteiger partial charge in [-0.05, 0) is 46.6 Å². The molecule has 0 spiro atoms. The quantitative estimate of drug-likeness (QED) is 0.734. The van der Waals surface area contributed by atoms with Crippen molar-refractivity contribution in [3.8, 4) is 11.3 Å². The minimum atomic E-state index is 0.729. The summed E-state index contributed by atoms with van der Waals surface area (Å²) in [5.74, 6) is 0.830. The largest absolute Gasteiger partial charge is 0.449 e. The summed E-state index contributed by atoms with van der Waals surface area (Å²) in [6.45, 7) is 1.98. The van der Waals surface area contributed by atoms with E-state index in [-0.39, 0.29) is 0 Å². The molecule has 0 atom stereocenters. The summed E-state index contributed by atoms with van der Waals surface area (Å²) in [5, 5.41) is 0.759. The summed E-state index contributed by atoms with van der Waals surface area (Å²) in [6.07, 6.45) is 0. The Hall–Kier alpha value is -0.730. The Morgan fingerprint density at radius 3 is 2.64 bits per heavy atom. The molecule has 0 amide bonds. The van der Waals surface area contributed by atoms with Gasteiger partial charge in [0, 0.05) is 10.6 Å². The number of hydrogen-bond acceptors (Lipinski definition) is 1. The second-order valence-corrected chi connectivity index (χ2v) is 4.20. The van der Waals surface area contributed by atoms with Crippen LogP contribution in [0.25, 0.3) is 11.3 Å². The Labute approximate surface area is 95.8 Å². The molecule has 0 N–H and O–H groups in total. The average molecular weight is 272 g/mol. The van der Waals surface area contributed by atoms with E-state index in [1.54, 1.807) is 0 Å². The molecule has 2 rings (SSSR count). The summed E-state index contributed by atoms with van der Waals surface area (Å²) < 4.78 is 6.19. The molecule has 0 aliphatic rings. The zero-order chi connectivity index (χ0) is 10.1. The maximum absolute atomic E-state index is 6.02. The summed E-state index contributed by atoms with van der Waals surface area (Å²) in [5.41, 5.74) is 2.07. The number of hydrogen-bond donors (Lipinski definition) is 0. The second-order valence-electron chi connectivity index (χ2n) is 3.02. The fourth-order valence-electron chi connectivity index (χ4n) is 1.33. The van der Waals surface area contributed by atoms with Crippen molar-refractivity contribution >= 4 is 27.5 Å². The Morgan fingerprint density at radius 1 is 1.21 bits per heavy atom. The standard InChI is InChI=1S/C11H8BrClO/c1-7-8(3-2-4-9(7)13)10-5-6-11(12)14-10/h2-6H,1H3. The minimum Gasteiger partial charge on any atom is -0.449 e. The molecule has 1 aromatic carbocycles. The topological polar surface area (TPSA) is 13.1 Å². The molecular weight excluding hydrogens is 263 g/mol. The lowest BCUT2D eigenvalue weighted by Crippen LogP contribution is -1.81. The van der Waals surface area contributed by atoms with Crippen molar-refractivity contribution in [1.29, 1.82) is 0 Å². The van der Waals surface area contributed by atoms with E-state index in [9.17, 15) is 0 Å². The highest BCUT2D eigenvalue weighted by molar-refractivity contribution is 9.10. The molecule has 2 aromatic rings. The van der Waals surface area contributed by atoms with E-state index < -0.39 is 0 Å². The maximum Gasteiger partial charge on any atom is 0.169 e. The van der Waals surface area contributed by atoms with Gasteiger partial charge in [-0.15, -0.1) is 0 Å². The van der Waals surface area contributed by atoms with Gasteiger partial charge in [-0.1, -0.05) is 23.7 Å². The number of halogens is 2. The zero-order valence-electron chi connectivity index (χ0n) is 7.55. The van der Waals surface area contributed by atoms with Gasteiger partial charge in [0.05, 0.1) is 0 Å². The minimum absolute atomic E-state index is 0.729. The molecule has 0 aliphatic heterocycles. The molecule has 1 heterocycles. The molecule has 1 nitrogen and oxygen atoms in total. The molecule has 0 aliphatic carbocycles. The van der Waals surface area contributed by atoms with Crippen LogP contribution in [0.4, 0.5) is 0 Å². The molecule has 0 fully saturated rings. The van der Waals surface area contributed by atoms with E-state index in [0.717, 1.165) is 26.6 Å². The lowest BCUT2D eigenvalue weighted by molar-refractivity contribution is 0.555. The van der Waals surface area contributed by atoms with Crippen molar-refractivity contribution in [2.45, 2.75) is 6.92 Å². The zero-order valence-corrected chi connectivity index (χ0v) is 9.89. The second kappa shape index (κ2) is 3.79. The maximum atomic E-state index is 6.02. The van der Waals surface area contributed by atoms with Crippen LogP contribution in [-0.2, 0) is 0 Å². The highest BCUT2D eigenvalue weighted by atomic mass is 79.9. The number of benzene rings is 1. The van der Waals surface area contributed by atoms with Crippen LogP contribution in [0.2, 0.25) is 5.02 Å². The van der Waals surface area contributed by atoms with Crippen LogP contribution in [0.5, 0.6) is 0 Å². The molecule has 72 valence electrons. The Morgan fingerprint density at radius 2 is 2.00 bits per heavy atom. The van der Waals surface area contributed by atoms with Crippen LogP contribution < -0.4 is 0 Å². The van der Waals surface area contributed by atoms with Crippen LogP contribution in [-0.4, -0.2) is 0 Å². The normalized spacial score (nSPS) is 10.5. The fourth-order valence-corrected chi connectivity index (χ4v) is 1.81. The van der Waals surface area contributed by atoms with Gasteiger partial charge in [0.2, 0.25) is 0 Å². The van der Waals surface area contributed by atoms with E-state index in [4.69, 9.17) is 16.0 Å². The third-order valence-electron chi connectivity index (χ3n) is 2.11. The summed E-state index contributed by atoms with van der Waals surface area (Å²) in [7, 11) is 0. The van der Waals surface area contributed by atoms with Crippen LogP contribution in [0, 0.1) is 6.92 Å². The van der Waals surface area contributed by atoms with E-state index in [1.807, 2.05) is 37.3 Å². The van der Waals surface area contributed by atoms with Gasteiger partial charge in [0.25, 0.3) is 0 Å². The first kappa shape index (κ1) is 9.81. The third kappa shape index (κ3) is 1.72. The monoisotopic (exact) mass is 270 g/mol. The van der Waals surface area contributed by atoms with Crippen molar-refractivity contribution in [2.24, 2.45) is 0 Å². The lowest BCUT2D eigenvalue weighted by Gasteiger charge is -2.03. The van der Waals surface area contributed by atoms with Gasteiger partial charge < -0.3 is 4.42 Å². The van der Waals surface area contributed by atoms with Crippen molar-refractivity contribution in [3.63, 3.8) is 0 Å².